The molecule has 4 aliphatic rings. The number of rotatable bonds is 3. The second-order valence-corrected chi connectivity index (χ2v) is 8.32. The van der Waals surface area contributed by atoms with Crippen molar-refractivity contribution >= 4 is 21.7 Å². The first-order chi connectivity index (χ1) is 10.1. The lowest BCUT2D eigenvalue weighted by Gasteiger charge is -2.56. The van der Waals surface area contributed by atoms with Gasteiger partial charge in [0.05, 0.1) is 10.2 Å². The van der Waals surface area contributed by atoms with Gasteiger partial charge in [-0.25, -0.2) is 9.97 Å². The summed E-state index contributed by atoms with van der Waals surface area (Å²) in [6.07, 6.45) is 8.38. The molecular formula is C17H24BrN3. The number of anilines is 1. The Morgan fingerprint density at radius 1 is 1.10 bits per heavy atom. The standard InChI is InChI=1S/C17H24BrN3/c1-3-19-15-14(18)10(2)20-16(21-15)17-7-11-4-12(8-17)6-13(5-11)9-17/h11-13H,3-9H2,1-2H3,(H,19,20,21). The van der Waals surface area contributed by atoms with E-state index in [1.807, 2.05) is 0 Å². The number of nitrogens with one attached hydrogen (secondary N) is 1. The van der Waals surface area contributed by atoms with Gasteiger partial charge < -0.3 is 5.32 Å². The van der Waals surface area contributed by atoms with E-state index in [-0.39, 0.29) is 5.41 Å². The fraction of sp³-hybridized carbons (Fsp3) is 0.765. The average molecular weight is 350 g/mol. The normalized spacial score (nSPS) is 37.0. The first-order valence-electron chi connectivity index (χ1n) is 8.38. The Hall–Kier alpha value is -0.640. The zero-order valence-corrected chi connectivity index (χ0v) is 14.5. The van der Waals surface area contributed by atoms with E-state index in [1.54, 1.807) is 0 Å². The highest BCUT2D eigenvalue weighted by molar-refractivity contribution is 9.10. The van der Waals surface area contributed by atoms with Crippen molar-refractivity contribution < 1.29 is 0 Å². The van der Waals surface area contributed by atoms with Crippen LogP contribution in [-0.2, 0) is 5.41 Å². The monoisotopic (exact) mass is 349 g/mol. The Labute approximate surface area is 135 Å². The van der Waals surface area contributed by atoms with Gasteiger partial charge in [-0.15, -0.1) is 0 Å². The lowest BCUT2D eigenvalue weighted by atomic mass is 9.49. The maximum absolute atomic E-state index is 4.94. The van der Waals surface area contributed by atoms with Crippen LogP contribution >= 0.6 is 15.9 Å². The second-order valence-electron chi connectivity index (χ2n) is 7.52. The summed E-state index contributed by atoms with van der Waals surface area (Å²) in [5.74, 6) is 4.91. The summed E-state index contributed by atoms with van der Waals surface area (Å²) in [7, 11) is 0. The molecule has 21 heavy (non-hydrogen) atoms. The predicted octanol–water partition coefficient (Wildman–Crippen LogP) is 4.45. The largest absolute Gasteiger partial charge is 0.369 e. The van der Waals surface area contributed by atoms with Crippen LogP contribution in [0.25, 0.3) is 0 Å². The van der Waals surface area contributed by atoms with Crippen LogP contribution in [-0.4, -0.2) is 16.5 Å². The van der Waals surface area contributed by atoms with Gasteiger partial charge in [0, 0.05) is 12.0 Å². The minimum Gasteiger partial charge on any atom is -0.369 e. The molecule has 0 amide bonds. The summed E-state index contributed by atoms with van der Waals surface area (Å²) in [4.78, 5) is 9.85. The number of hydrogen-bond donors (Lipinski definition) is 1. The zero-order chi connectivity index (χ0) is 14.6. The molecule has 0 saturated heterocycles. The molecule has 4 fully saturated rings. The molecule has 114 valence electrons. The van der Waals surface area contributed by atoms with E-state index in [1.165, 1.54) is 38.5 Å². The minimum absolute atomic E-state index is 0.282. The van der Waals surface area contributed by atoms with Crippen LogP contribution in [0.1, 0.15) is 57.0 Å². The third-order valence-electron chi connectivity index (χ3n) is 5.87. The molecule has 4 heteroatoms. The number of aryl methyl sites for hydroxylation is 1. The predicted molar refractivity (Wildman–Crippen MR) is 88.5 cm³/mol. The van der Waals surface area contributed by atoms with Crippen LogP contribution < -0.4 is 5.32 Å². The third kappa shape index (κ3) is 2.21. The molecule has 0 spiro atoms. The lowest BCUT2D eigenvalue weighted by Crippen LogP contribution is -2.49. The first-order valence-corrected chi connectivity index (χ1v) is 9.17. The van der Waals surface area contributed by atoms with Gasteiger partial charge in [0.2, 0.25) is 0 Å². The van der Waals surface area contributed by atoms with Gasteiger partial charge in [0.1, 0.15) is 11.6 Å². The summed E-state index contributed by atoms with van der Waals surface area (Å²) in [5, 5.41) is 3.39. The molecule has 0 atom stereocenters. The molecular weight excluding hydrogens is 326 g/mol. The molecule has 4 aliphatic carbocycles. The lowest BCUT2D eigenvalue weighted by molar-refractivity contribution is -0.00942. The van der Waals surface area contributed by atoms with Gasteiger partial charge in [0.25, 0.3) is 0 Å². The maximum Gasteiger partial charge on any atom is 0.144 e. The van der Waals surface area contributed by atoms with E-state index in [2.05, 4.69) is 35.1 Å². The van der Waals surface area contributed by atoms with E-state index in [4.69, 9.17) is 9.97 Å². The van der Waals surface area contributed by atoms with Crippen molar-refractivity contribution in [2.45, 2.75) is 57.8 Å². The van der Waals surface area contributed by atoms with Crippen LogP contribution in [0, 0.1) is 24.7 Å². The van der Waals surface area contributed by atoms with Crippen LogP contribution in [0.2, 0.25) is 0 Å². The highest BCUT2D eigenvalue weighted by Gasteiger charge is 2.53. The van der Waals surface area contributed by atoms with Crippen molar-refractivity contribution in [2.75, 3.05) is 11.9 Å². The SMILES string of the molecule is CCNc1nc(C23CC4CC(CC(C4)C2)C3)nc(C)c1Br. The van der Waals surface area contributed by atoms with Gasteiger partial charge in [-0.05, 0) is 86.1 Å². The average Bonchev–Trinajstić information content (AvgIpc) is 2.42. The highest BCUT2D eigenvalue weighted by atomic mass is 79.9. The quantitative estimate of drug-likeness (QED) is 0.875. The number of hydrogen-bond acceptors (Lipinski definition) is 3. The fourth-order valence-corrected chi connectivity index (χ4v) is 5.78. The van der Waals surface area contributed by atoms with Gasteiger partial charge >= 0.3 is 0 Å². The number of halogens is 1. The Balaban J connectivity index is 1.76. The molecule has 1 aromatic heterocycles. The van der Waals surface area contributed by atoms with Gasteiger partial charge in [0.15, 0.2) is 0 Å². The van der Waals surface area contributed by atoms with Crippen molar-refractivity contribution in [1.29, 1.82) is 0 Å². The highest BCUT2D eigenvalue weighted by Crippen LogP contribution is 2.60. The van der Waals surface area contributed by atoms with Crippen LogP contribution in [0.4, 0.5) is 5.82 Å². The number of nitrogens with zero attached hydrogens (tertiary/aromatic N) is 2. The second kappa shape index (κ2) is 4.94. The Morgan fingerprint density at radius 3 is 2.19 bits per heavy atom. The molecule has 3 nitrogen and oxygen atoms in total. The minimum atomic E-state index is 0.282. The maximum atomic E-state index is 4.94. The van der Waals surface area contributed by atoms with E-state index in [0.717, 1.165) is 46.1 Å². The smallest absolute Gasteiger partial charge is 0.144 e. The molecule has 1 heterocycles. The molecule has 1 N–H and O–H groups in total. The van der Waals surface area contributed by atoms with Crippen molar-refractivity contribution in [3.05, 3.63) is 16.0 Å². The summed E-state index contributed by atoms with van der Waals surface area (Å²) < 4.78 is 1.03. The van der Waals surface area contributed by atoms with Crippen LogP contribution in [0.15, 0.2) is 4.47 Å². The molecule has 0 aliphatic heterocycles. The third-order valence-corrected chi connectivity index (χ3v) is 6.82. The molecule has 0 radical (unpaired) electrons. The summed E-state index contributed by atoms with van der Waals surface area (Å²) >= 11 is 3.64. The molecule has 1 aromatic rings. The molecule has 0 unspecified atom stereocenters. The van der Waals surface area contributed by atoms with Crippen LogP contribution in [0.5, 0.6) is 0 Å². The van der Waals surface area contributed by atoms with Crippen molar-refractivity contribution in [1.82, 2.24) is 9.97 Å². The van der Waals surface area contributed by atoms with Gasteiger partial charge in [-0.2, -0.15) is 0 Å². The van der Waals surface area contributed by atoms with E-state index >= 15 is 0 Å². The summed E-state index contributed by atoms with van der Waals surface area (Å²) in [6.45, 7) is 5.11. The van der Waals surface area contributed by atoms with Crippen molar-refractivity contribution in [3.8, 4) is 0 Å². The van der Waals surface area contributed by atoms with Crippen molar-refractivity contribution in [2.24, 2.45) is 17.8 Å². The van der Waals surface area contributed by atoms with E-state index < -0.39 is 0 Å². The number of aromatic nitrogens is 2. The Morgan fingerprint density at radius 2 is 1.67 bits per heavy atom. The summed E-state index contributed by atoms with van der Waals surface area (Å²) in [6, 6.07) is 0. The van der Waals surface area contributed by atoms with E-state index in [9.17, 15) is 0 Å². The molecule has 4 bridgehead atoms. The van der Waals surface area contributed by atoms with Crippen molar-refractivity contribution in [3.63, 3.8) is 0 Å². The summed E-state index contributed by atoms with van der Waals surface area (Å²) in [5.41, 5.74) is 1.36. The van der Waals surface area contributed by atoms with E-state index in [0.29, 0.717) is 0 Å². The molecule has 0 aromatic carbocycles. The molecule has 5 rings (SSSR count). The van der Waals surface area contributed by atoms with Crippen LogP contribution in [0.3, 0.4) is 0 Å². The zero-order valence-electron chi connectivity index (χ0n) is 13.0. The Bertz CT molecular complexity index is 534. The topological polar surface area (TPSA) is 37.8 Å². The molecule has 4 saturated carbocycles. The first kappa shape index (κ1) is 14.0. The Kier molecular flexibility index (Phi) is 3.29. The van der Waals surface area contributed by atoms with Gasteiger partial charge in [-0.1, -0.05) is 0 Å². The van der Waals surface area contributed by atoms with Gasteiger partial charge in [-0.3, -0.25) is 0 Å². The fourth-order valence-electron chi connectivity index (χ4n) is 5.47.